The van der Waals surface area contributed by atoms with Crippen LogP contribution in [0.5, 0.6) is 0 Å². The van der Waals surface area contributed by atoms with Gasteiger partial charge in [-0.05, 0) is 0 Å². The fraction of sp³-hybridized carbons (Fsp3) is 0.400. The maximum absolute atomic E-state index is 6.39. The SMILES string of the molecule is [B]=P1(c2ccccc2)CCCC1. The summed E-state index contributed by atoms with van der Waals surface area (Å²) in [4.78, 5) is 0. The number of rotatable bonds is 1. The minimum absolute atomic E-state index is 1.17. The third kappa shape index (κ3) is 1.43. The van der Waals surface area contributed by atoms with Crippen LogP contribution in [0, 0.1) is 0 Å². The van der Waals surface area contributed by atoms with Crippen molar-refractivity contribution >= 4 is 19.2 Å². The quantitative estimate of drug-likeness (QED) is 0.453. The summed E-state index contributed by atoms with van der Waals surface area (Å²) in [7, 11) is 6.39. The molecule has 61 valence electrons. The van der Waals surface area contributed by atoms with Gasteiger partial charge in [-0.25, -0.2) is 0 Å². The predicted octanol–water partition coefficient (Wildman–Crippen LogP) is 2.21. The van der Waals surface area contributed by atoms with E-state index < -0.39 is 6.75 Å². The van der Waals surface area contributed by atoms with E-state index in [1.54, 1.807) is 0 Å². The van der Waals surface area contributed by atoms with Gasteiger partial charge in [0.1, 0.15) is 0 Å². The van der Waals surface area contributed by atoms with Gasteiger partial charge in [-0.15, -0.1) is 0 Å². The molecule has 0 aromatic heterocycles. The summed E-state index contributed by atoms with van der Waals surface area (Å²) < 4.78 is 0. The molecule has 0 N–H and O–H groups in total. The monoisotopic (exact) mass is 175 g/mol. The molecule has 1 aromatic rings. The topological polar surface area (TPSA) is 0 Å². The number of hydrogen-bond donors (Lipinski definition) is 0. The Balaban J connectivity index is 2.36. The molecule has 0 aliphatic carbocycles. The van der Waals surface area contributed by atoms with Crippen LogP contribution >= 0.6 is 6.75 Å². The van der Waals surface area contributed by atoms with E-state index in [1.165, 1.54) is 30.5 Å². The van der Waals surface area contributed by atoms with Gasteiger partial charge in [0.15, 0.2) is 0 Å². The van der Waals surface area contributed by atoms with E-state index in [1.807, 2.05) is 0 Å². The zero-order valence-electron chi connectivity index (χ0n) is 7.24. The van der Waals surface area contributed by atoms with Crippen LogP contribution in [0.25, 0.3) is 0 Å². The van der Waals surface area contributed by atoms with Crippen LogP contribution in [0.3, 0.4) is 0 Å². The molecule has 0 spiro atoms. The van der Waals surface area contributed by atoms with Crippen molar-refractivity contribution in [2.24, 2.45) is 0 Å². The summed E-state index contributed by atoms with van der Waals surface area (Å²) in [6.07, 6.45) is 5.19. The van der Waals surface area contributed by atoms with Gasteiger partial charge < -0.3 is 0 Å². The Kier molecular flexibility index (Phi) is 2.23. The molecule has 1 saturated heterocycles. The summed E-state index contributed by atoms with van der Waals surface area (Å²) in [6.45, 7) is -1.17. The molecule has 0 saturated carbocycles. The van der Waals surface area contributed by atoms with Crippen LogP contribution in [0.1, 0.15) is 12.8 Å². The van der Waals surface area contributed by atoms with Crippen LogP contribution in [-0.2, 0) is 0 Å². The molecule has 1 aliphatic rings. The molecule has 1 heterocycles. The summed E-state index contributed by atoms with van der Waals surface area (Å²) in [5.41, 5.74) is 0. The van der Waals surface area contributed by atoms with E-state index in [4.69, 9.17) is 7.18 Å². The molecule has 2 heteroatoms. The molecular weight excluding hydrogens is 162 g/mol. The first-order valence-electron chi connectivity index (χ1n) is 4.52. The van der Waals surface area contributed by atoms with Gasteiger partial charge in [0.05, 0.1) is 0 Å². The Morgan fingerprint density at radius 1 is 1.00 bits per heavy atom. The summed E-state index contributed by atoms with van der Waals surface area (Å²) >= 11 is 0. The van der Waals surface area contributed by atoms with Crippen molar-refractivity contribution in [1.82, 2.24) is 0 Å². The van der Waals surface area contributed by atoms with Gasteiger partial charge in [0.25, 0.3) is 0 Å². The summed E-state index contributed by atoms with van der Waals surface area (Å²) in [5, 5.41) is 1.42. The molecule has 1 aromatic carbocycles. The average molecular weight is 175 g/mol. The van der Waals surface area contributed by atoms with Crippen LogP contribution in [0.2, 0.25) is 0 Å². The standard InChI is InChI=1S/C10H13BP/c11-12(8-4-5-9-12)10-6-2-1-3-7-10/h1-3,6-7H,4-5,8-9H2. The summed E-state index contributed by atoms with van der Waals surface area (Å²) in [5.74, 6) is 0. The average Bonchev–Trinajstić information content (AvgIpc) is 2.55. The van der Waals surface area contributed by atoms with Crippen LogP contribution in [0.4, 0.5) is 0 Å². The van der Waals surface area contributed by atoms with E-state index in [2.05, 4.69) is 30.3 Å². The number of benzene rings is 1. The second-order valence-electron chi connectivity index (χ2n) is 3.52. The van der Waals surface area contributed by atoms with Gasteiger partial charge in [0, 0.05) is 0 Å². The third-order valence-electron chi connectivity index (χ3n) is 2.63. The fourth-order valence-electron chi connectivity index (χ4n) is 1.88. The maximum atomic E-state index is 6.39. The molecule has 2 rings (SSSR count). The molecular formula is C10H13BP. The first kappa shape index (κ1) is 8.32. The van der Waals surface area contributed by atoms with Crippen molar-refractivity contribution < 1.29 is 0 Å². The Hall–Kier alpha value is -0.285. The Labute approximate surface area is 75.3 Å². The molecule has 1 radical (unpaired) electrons. The Bertz CT molecular complexity index is 295. The molecule has 0 atom stereocenters. The van der Waals surface area contributed by atoms with E-state index in [0.29, 0.717) is 0 Å². The van der Waals surface area contributed by atoms with Crippen LogP contribution in [-0.4, -0.2) is 19.5 Å². The van der Waals surface area contributed by atoms with Gasteiger partial charge >= 0.3 is 74.7 Å². The van der Waals surface area contributed by atoms with Crippen molar-refractivity contribution in [2.45, 2.75) is 12.8 Å². The van der Waals surface area contributed by atoms with Gasteiger partial charge in [-0.2, -0.15) is 0 Å². The van der Waals surface area contributed by atoms with Gasteiger partial charge in [0.2, 0.25) is 0 Å². The Morgan fingerprint density at radius 3 is 2.17 bits per heavy atom. The van der Waals surface area contributed by atoms with Crippen LogP contribution < -0.4 is 5.30 Å². The van der Waals surface area contributed by atoms with E-state index in [9.17, 15) is 0 Å². The zero-order chi connectivity index (χ0) is 8.44. The second kappa shape index (κ2) is 3.22. The molecule has 12 heavy (non-hydrogen) atoms. The first-order chi connectivity index (χ1) is 5.81. The zero-order valence-corrected chi connectivity index (χ0v) is 8.13. The molecule has 0 nitrogen and oxygen atoms in total. The number of hydrogen-bond acceptors (Lipinski definition) is 0. The van der Waals surface area contributed by atoms with Gasteiger partial charge in [-0.3, -0.25) is 0 Å². The third-order valence-corrected chi connectivity index (χ3v) is 6.19. The molecule has 0 amide bonds. The molecule has 1 fully saturated rings. The van der Waals surface area contributed by atoms with Gasteiger partial charge in [-0.1, -0.05) is 0 Å². The molecule has 1 aliphatic heterocycles. The Morgan fingerprint density at radius 2 is 1.58 bits per heavy atom. The first-order valence-corrected chi connectivity index (χ1v) is 6.75. The van der Waals surface area contributed by atoms with Crippen molar-refractivity contribution in [3.05, 3.63) is 30.3 Å². The van der Waals surface area contributed by atoms with Crippen molar-refractivity contribution in [2.75, 3.05) is 12.3 Å². The molecule has 0 unspecified atom stereocenters. The molecule has 0 bridgehead atoms. The van der Waals surface area contributed by atoms with Crippen molar-refractivity contribution in [3.63, 3.8) is 0 Å². The fourth-order valence-corrected chi connectivity index (χ4v) is 4.96. The van der Waals surface area contributed by atoms with E-state index >= 15 is 0 Å². The van der Waals surface area contributed by atoms with Crippen molar-refractivity contribution in [3.8, 4) is 0 Å². The van der Waals surface area contributed by atoms with E-state index in [0.717, 1.165) is 0 Å². The predicted molar refractivity (Wildman–Crippen MR) is 57.7 cm³/mol. The normalized spacial score (nSPS) is 20.9. The van der Waals surface area contributed by atoms with Crippen molar-refractivity contribution in [1.29, 1.82) is 0 Å². The summed E-state index contributed by atoms with van der Waals surface area (Å²) in [6, 6.07) is 10.6. The second-order valence-corrected chi connectivity index (χ2v) is 7.00. The van der Waals surface area contributed by atoms with Crippen LogP contribution in [0.15, 0.2) is 30.3 Å². The van der Waals surface area contributed by atoms with E-state index in [-0.39, 0.29) is 0 Å². The minimum atomic E-state index is -1.17.